The molecule has 0 radical (unpaired) electrons. The Morgan fingerprint density at radius 3 is 2.84 bits per heavy atom. The standard InChI is InChI=1S/C17H21N3O3S2/c1-23-10-8-18-15(21)12-25-14-5-3-2-4-13(14)17(22)20-7-6-16-19-9-11-24-16/h2-5,9,11H,6-8,10,12H2,1H3,(H,18,21)(H,20,22). The minimum Gasteiger partial charge on any atom is -0.383 e. The molecule has 134 valence electrons. The number of methoxy groups -OCH3 is 1. The van der Waals surface area contributed by atoms with Crippen LogP contribution in [-0.4, -0.2) is 49.4 Å². The molecule has 0 fully saturated rings. The number of nitrogens with zero attached hydrogens (tertiary/aromatic N) is 1. The fourth-order valence-electron chi connectivity index (χ4n) is 2.02. The molecular weight excluding hydrogens is 358 g/mol. The van der Waals surface area contributed by atoms with Crippen LogP contribution >= 0.6 is 23.1 Å². The number of thiazole rings is 1. The molecule has 1 aromatic heterocycles. The van der Waals surface area contributed by atoms with Crippen molar-refractivity contribution >= 4 is 34.9 Å². The predicted octanol–water partition coefficient (Wildman–Crippen LogP) is 1.97. The van der Waals surface area contributed by atoms with Gasteiger partial charge in [0.2, 0.25) is 5.91 Å². The van der Waals surface area contributed by atoms with Crippen molar-refractivity contribution in [2.75, 3.05) is 32.6 Å². The van der Waals surface area contributed by atoms with Crippen molar-refractivity contribution in [1.29, 1.82) is 0 Å². The maximum Gasteiger partial charge on any atom is 0.252 e. The lowest BCUT2D eigenvalue weighted by molar-refractivity contribution is -0.118. The van der Waals surface area contributed by atoms with Crippen LogP contribution in [0.3, 0.4) is 0 Å². The number of hydrogen-bond donors (Lipinski definition) is 2. The smallest absolute Gasteiger partial charge is 0.252 e. The van der Waals surface area contributed by atoms with Gasteiger partial charge in [-0.05, 0) is 12.1 Å². The van der Waals surface area contributed by atoms with Crippen LogP contribution in [0.4, 0.5) is 0 Å². The third-order valence-corrected chi connectivity index (χ3v) is 5.14. The van der Waals surface area contributed by atoms with Crippen LogP contribution in [-0.2, 0) is 16.0 Å². The Morgan fingerprint density at radius 2 is 2.08 bits per heavy atom. The predicted molar refractivity (Wildman–Crippen MR) is 100 cm³/mol. The van der Waals surface area contributed by atoms with Crippen LogP contribution in [0.15, 0.2) is 40.7 Å². The summed E-state index contributed by atoms with van der Waals surface area (Å²) in [5.74, 6) is 0.0353. The van der Waals surface area contributed by atoms with E-state index in [4.69, 9.17) is 4.74 Å². The minimum atomic E-state index is -0.139. The molecule has 0 saturated heterocycles. The van der Waals surface area contributed by atoms with Crippen molar-refractivity contribution in [3.8, 4) is 0 Å². The molecule has 1 aromatic carbocycles. The van der Waals surface area contributed by atoms with Gasteiger partial charge < -0.3 is 15.4 Å². The summed E-state index contributed by atoms with van der Waals surface area (Å²) in [6.45, 7) is 1.49. The fraction of sp³-hybridized carbons (Fsp3) is 0.353. The molecule has 0 atom stereocenters. The van der Waals surface area contributed by atoms with Crippen molar-refractivity contribution in [3.05, 3.63) is 46.4 Å². The van der Waals surface area contributed by atoms with E-state index in [-0.39, 0.29) is 17.6 Å². The topological polar surface area (TPSA) is 80.3 Å². The lowest BCUT2D eigenvalue weighted by atomic mass is 10.2. The first-order valence-electron chi connectivity index (χ1n) is 7.84. The first kappa shape index (κ1) is 19.4. The lowest BCUT2D eigenvalue weighted by Gasteiger charge is -2.10. The number of carbonyl (C=O) groups is 2. The number of nitrogens with one attached hydrogen (secondary N) is 2. The molecule has 8 heteroatoms. The molecule has 0 bridgehead atoms. The van der Waals surface area contributed by atoms with E-state index >= 15 is 0 Å². The van der Waals surface area contributed by atoms with E-state index in [1.54, 1.807) is 30.7 Å². The molecular formula is C17H21N3O3S2. The van der Waals surface area contributed by atoms with Crippen molar-refractivity contribution in [1.82, 2.24) is 15.6 Å². The zero-order chi connectivity index (χ0) is 17.9. The summed E-state index contributed by atoms with van der Waals surface area (Å²) in [7, 11) is 1.59. The van der Waals surface area contributed by atoms with Gasteiger partial charge >= 0.3 is 0 Å². The molecule has 2 amide bonds. The summed E-state index contributed by atoms with van der Waals surface area (Å²) in [5.41, 5.74) is 0.580. The number of benzene rings is 1. The summed E-state index contributed by atoms with van der Waals surface area (Å²) in [6.07, 6.45) is 2.46. The lowest BCUT2D eigenvalue weighted by Crippen LogP contribution is -2.29. The van der Waals surface area contributed by atoms with E-state index in [1.165, 1.54) is 11.8 Å². The van der Waals surface area contributed by atoms with Gasteiger partial charge in [0.15, 0.2) is 0 Å². The fourth-order valence-corrected chi connectivity index (χ4v) is 3.52. The average molecular weight is 380 g/mol. The minimum absolute atomic E-state index is 0.0824. The van der Waals surface area contributed by atoms with Gasteiger partial charge in [-0.15, -0.1) is 23.1 Å². The van der Waals surface area contributed by atoms with E-state index in [1.807, 2.05) is 23.6 Å². The maximum atomic E-state index is 12.4. The zero-order valence-electron chi connectivity index (χ0n) is 14.0. The SMILES string of the molecule is COCCNC(=O)CSc1ccccc1C(=O)NCCc1nccs1. The molecule has 0 unspecified atom stereocenters. The Labute approximate surface area is 155 Å². The third-order valence-electron chi connectivity index (χ3n) is 3.23. The van der Waals surface area contributed by atoms with Gasteiger partial charge in [-0.2, -0.15) is 0 Å². The van der Waals surface area contributed by atoms with Gasteiger partial charge in [-0.25, -0.2) is 4.98 Å². The Balaban J connectivity index is 1.83. The summed E-state index contributed by atoms with van der Waals surface area (Å²) >= 11 is 2.92. The van der Waals surface area contributed by atoms with Gasteiger partial charge in [0.05, 0.1) is 22.9 Å². The maximum absolute atomic E-state index is 12.4. The number of ether oxygens (including phenoxy) is 1. The molecule has 25 heavy (non-hydrogen) atoms. The van der Waals surface area contributed by atoms with Crippen LogP contribution < -0.4 is 10.6 Å². The Morgan fingerprint density at radius 1 is 1.24 bits per heavy atom. The molecule has 2 N–H and O–H groups in total. The van der Waals surface area contributed by atoms with E-state index in [9.17, 15) is 9.59 Å². The highest BCUT2D eigenvalue weighted by atomic mass is 32.2. The second-order valence-electron chi connectivity index (χ2n) is 5.06. The van der Waals surface area contributed by atoms with E-state index < -0.39 is 0 Å². The van der Waals surface area contributed by atoms with Gasteiger partial charge in [0.25, 0.3) is 5.91 Å². The van der Waals surface area contributed by atoms with Crippen LogP contribution in [0.1, 0.15) is 15.4 Å². The van der Waals surface area contributed by atoms with Crippen molar-refractivity contribution in [3.63, 3.8) is 0 Å². The average Bonchev–Trinajstić information content (AvgIpc) is 3.14. The third kappa shape index (κ3) is 6.85. The van der Waals surface area contributed by atoms with E-state index in [2.05, 4.69) is 15.6 Å². The molecule has 2 aromatic rings. The second kappa shape index (κ2) is 10.9. The highest BCUT2D eigenvalue weighted by Gasteiger charge is 2.12. The normalized spacial score (nSPS) is 10.4. The van der Waals surface area contributed by atoms with Crippen molar-refractivity contribution in [2.24, 2.45) is 0 Å². The van der Waals surface area contributed by atoms with Crippen LogP contribution in [0.25, 0.3) is 0 Å². The Kier molecular flexibility index (Phi) is 8.44. The van der Waals surface area contributed by atoms with Gasteiger partial charge in [0, 0.05) is 43.1 Å². The van der Waals surface area contributed by atoms with Crippen LogP contribution in [0.2, 0.25) is 0 Å². The number of rotatable bonds is 10. The van der Waals surface area contributed by atoms with Gasteiger partial charge in [-0.1, -0.05) is 12.1 Å². The molecule has 0 aliphatic carbocycles. The molecule has 6 nitrogen and oxygen atoms in total. The summed E-state index contributed by atoms with van der Waals surface area (Å²) in [5, 5.41) is 8.58. The Hall–Kier alpha value is -1.90. The quantitative estimate of drug-likeness (QED) is 0.487. The highest BCUT2D eigenvalue weighted by molar-refractivity contribution is 8.00. The van der Waals surface area contributed by atoms with Gasteiger partial charge in [-0.3, -0.25) is 9.59 Å². The summed E-state index contributed by atoms with van der Waals surface area (Å²) in [4.78, 5) is 29.2. The summed E-state index contributed by atoms with van der Waals surface area (Å²) < 4.78 is 4.89. The first-order valence-corrected chi connectivity index (χ1v) is 9.71. The number of carbonyl (C=O) groups excluding carboxylic acids is 2. The zero-order valence-corrected chi connectivity index (χ0v) is 15.6. The number of aromatic nitrogens is 1. The van der Waals surface area contributed by atoms with Crippen LogP contribution in [0.5, 0.6) is 0 Å². The number of amides is 2. The van der Waals surface area contributed by atoms with E-state index in [0.29, 0.717) is 31.7 Å². The largest absolute Gasteiger partial charge is 0.383 e. The second-order valence-corrected chi connectivity index (χ2v) is 7.06. The highest BCUT2D eigenvalue weighted by Crippen LogP contribution is 2.22. The van der Waals surface area contributed by atoms with Crippen molar-refractivity contribution in [2.45, 2.75) is 11.3 Å². The molecule has 0 saturated carbocycles. The molecule has 0 aliphatic rings. The monoisotopic (exact) mass is 379 g/mol. The van der Waals surface area contributed by atoms with Crippen LogP contribution in [0, 0.1) is 0 Å². The number of thioether (sulfide) groups is 1. The van der Waals surface area contributed by atoms with E-state index in [0.717, 1.165) is 9.90 Å². The Bertz CT molecular complexity index is 678. The molecule has 2 rings (SSSR count). The molecule has 1 heterocycles. The van der Waals surface area contributed by atoms with Gasteiger partial charge in [0.1, 0.15) is 0 Å². The first-order chi connectivity index (χ1) is 12.2. The summed E-state index contributed by atoms with van der Waals surface area (Å²) in [6, 6.07) is 7.29. The van der Waals surface area contributed by atoms with Crippen molar-refractivity contribution < 1.29 is 14.3 Å². The molecule has 0 spiro atoms. The molecule has 0 aliphatic heterocycles. The number of hydrogen-bond acceptors (Lipinski definition) is 6.